The van der Waals surface area contributed by atoms with E-state index in [0.29, 0.717) is 5.69 Å². The first-order chi connectivity index (χ1) is 10.1. The maximum Gasteiger partial charge on any atom is 0.294 e. The number of amidine groups is 1. The maximum atomic E-state index is 12.5. The Hall–Kier alpha value is -2.47. The van der Waals surface area contributed by atoms with Crippen LogP contribution < -0.4 is 10.6 Å². The number of hydrogen-bond donors (Lipinski definition) is 2. The number of carbonyl (C=O) groups is 1. The van der Waals surface area contributed by atoms with E-state index in [4.69, 9.17) is 27.0 Å². The highest BCUT2D eigenvalue weighted by molar-refractivity contribution is 6.29. The second kappa shape index (κ2) is 6.81. The number of nitrogens with two attached hydrogens (primary N) is 1. The summed E-state index contributed by atoms with van der Waals surface area (Å²) in [6.45, 7) is 0.247. The van der Waals surface area contributed by atoms with Crippen molar-refractivity contribution < 1.29 is 14.4 Å². The highest BCUT2D eigenvalue weighted by atomic mass is 35.5. The van der Waals surface area contributed by atoms with Gasteiger partial charge < -0.3 is 20.3 Å². The number of benzene rings is 1. The molecule has 0 radical (unpaired) electrons. The standard InChI is InChI=1S/C14H14ClN3O3/c15-12-7-6-11(21-12)14(19)18(9-8-13(16)17-20)10-4-2-1-3-5-10/h1-7,20H,8-9H2,(H2,16,17). The summed E-state index contributed by atoms with van der Waals surface area (Å²) in [5.74, 6) is -0.177. The van der Waals surface area contributed by atoms with E-state index in [0.717, 1.165) is 0 Å². The highest BCUT2D eigenvalue weighted by Gasteiger charge is 2.21. The number of nitrogens with zero attached hydrogens (tertiary/aromatic N) is 2. The number of rotatable bonds is 5. The van der Waals surface area contributed by atoms with Crippen molar-refractivity contribution in [3.05, 3.63) is 53.4 Å². The Bertz CT molecular complexity index is 640. The van der Waals surface area contributed by atoms with Crippen molar-refractivity contribution in [2.24, 2.45) is 10.9 Å². The molecule has 1 aromatic heterocycles. The van der Waals surface area contributed by atoms with Crippen LogP contribution in [0.1, 0.15) is 17.0 Å². The van der Waals surface area contributed by atoms with Crippen molar-refractivity contribution in [3.63, 3.8) is 0 Å². The fourth-order valence-electron chi connectivity index (χ4n) is 1.79. The first-order valence-electron chi connectivity index (χ1n) is 6.20. The molecule has 0 spiro atoms. The third kappa shape index (κ3) is 3.76. The zero-order chi connectivity index (χ0) is 15.2. The summed E-state index contributed by atoms with van der Waals surface area (Å²) in [7, 11) is 0. The molecule has 2 aromatic rings. The third-order valence-corrected chi connectivity index (χ3v) is 3.02. The van der Waals surface area contributed by atoms with Gasteiger partial charge in [-0.15, -0.1) is 0 Å². The monoisotopic (exact) mass is 307 g/mol. The van der Waals surface area contributed by atoms with Gasteiger partial charge in [-0.05, 0) is 35.9 Å². The Labute approximate surface area is 126 Å². The molecule has 1 aromatic carbocycles. The largest absolute Gasteiger partial charge is 0.440 e. The van der Waals surface area contributed by atoms with Crippen molar-refractivity contribution in [1.29, 1.82) is 0 Å². The van der Waals surface area contributed by atoms with Crippen LogP contribution in [-0.4, -0.2) is 23.5 Å². The molecule has 2 rings (SSSR count). The van der Waals surface area contributed by atoms with Gasteiger partial charge in [0.25, 0.3) is 5.91 Å². The number of hydrogen-bond acceptors (Lipinski definition) is 4. The van der Waals surface area contributed by atoms with Gasteiger partial charge in [0, 0.05) is 18.7 Å². The molecule has 0 saturated carbocycles. The fraction of sp³-hybridized carbons (Fsp3) is 0.143. The van der Waals surface area contributed by atoms with Crippen LogP contribution in [0, 0.1) is 0 Å². The van der Waals surface area contributed by atoms with Gasteiger partial charge in [-0.1, -0.05) is 23.4 Å². The predicted octanol–water partition coefficient (Wildman–Crippen LogP) is 2.72. The third-order valence-electron chi connectivity index (χ3n) is 2.82. The lowest BCUT2D eigenvalue weighted by Gasteiger charge is -2.21. The summed E-state index contributed by atoms with van der Waals surface area (Å²) >= 11 is 5.70. The number of furan rings is 1. The maximum absolute atomic E-state index is 12.5. The van der Waals surface area contributed by atoms with Crippen LogP contribution in [0.4, 0.5) is 5.69 Å². The molecule has 7 heteroatoms. The summed E-state index contributed by atoms with van der Waals surface area (Å²) < 4.78 is 5.14. The molecule has 0 aliphatic carbocycles. The van der Waals surface area contributed by atoms with Gasteiger partial charge in [-0.25, -0.2) is 0 Å². The molecule has 0 unspecified atom stereocenters. The second-order valence-electron chi connectivity index (χ2n) is 4.24. The van der Waals surface area contributed by atoms with Crippen molar-refractivity contribution >= 4 is 29.0 Å². The zero-order valence-corrected chi connectivity index (χ0v) is 11.8. The topological polar surface area (TPSA) is 92.1 Å². The minimum atomic E-state index is -0.348. The smallest absolute Gasteiger partial charge is 0.294 e. The Kier molecular flexibility index (Phi) is 4.84. The van der Waals surface area contributed by atoms with E-state index in [9.17, 15) is 4.79 Å². The molecule has 0 fully saturated rings. The molecule has 6 nitrogen and oxygen atoms in total. The molecule has 1 heterocycles. The predicted molar refractivity (Wildman–Crippen MR) is 79.9 cm³/mol. The van der Waals surface area contributed by atoms with Crippen LogP contribution in [0.2, 0.25) is 5.22 Å². The van der Waals surface area contributed by atoms with Gasteiger partial charge in [-0.2, -0.15) is 0 Å². The lowest BCUT2D eigenvalue weighted by molar-refractivity contribution is 0.0961. The lowest BCUT2D eigenvalue weighted by Crippen LogP contribution is -2.33. The van der Waals surface area contributed by atoms with Crippen LogP contribution in [0.3, 0.4) is 0 Å². The summed E-state index contributed by atoms with van der Waals surface area (Å²) in [4.78, 5) is 14.0. The number of amides is 1. The normalized spacial score (nSPS) is 11.4. The summed E-state index contributed by atoms with van der Waals surface area (Å²) in [6.07, 6.45) is 0.228. The van der Waals surface area contributed by atoms with Crippen molar-refractivity contribution in [3.8, 4) is 0 Å². The van der Waals surface area contributed by atoms with Crippen LogP contribution >= 0.6 is 11.6 Å². The van der Waals surface area contributed by atoms with E-state index >= 15 is 0 Å². The molecule has 0 aliphatic heterocycles. The van der Waals surface area contributed by atoms with Gasteiger partial charge in [0.2, 0.25) is 0 Å². The number of carbonyl (C=O) groups excluding carboxylic acids is 1. The average molecular weight is 308 g/mol. The van der Waals surface area contributed by atoms with Gasteiger partial charge >= 0.3 is 0 Å². The summed E-state index contributed by atoms with van der Waals surface area (Å²) in [5, 5.41) is 11.6. The van der Waals surface area contributed by atoms with Crippen molar-refractivity contribution in [2.75, 3.05) is 11.4 Å². The van der Waals surface area contributed by atoms with E-state index in [1.165, 1.54) is 17.0 Å². The molecule has 0 saturated heterocycles. The molecule has 0 aliphatic rings. The fourth-order valence-corrected chi connectivity index (χ4v) is 1.94. The molecular weight excluding hydrogens is 294 g/mol. The Balaban J connectivity index is 2.25. The molecule has 0 atom stereocenters. The van der Waals surface area contributed by atoms with Crippen molar-refractivity contribution in [2.45, 2.75) is 6.42 Å². The summed E-state index contributed by atoms with van der Waals surface area (Å²) in [6, 6.07) is 12.1. The van der Waals surface area contributed by atoms with Crippen LogP contribution in [0.25, 0.3) is 0 Å². The SMILES string of the molecule is N/C(CCN(C(=O)c1ccc(Cl)o1)c1ccccc1)=N/O. The Morgan fingerprint density at radius 3 is 2.57 bits per heavy atom. The van der Waals surface area contributed by atoms with Crippen LogP contribution in [0.15, 0.2) is 52.0 Å². The minimum Gasteiger partial charge on any atom is -0.440 e. The van der Waals surface area contributed by atoms with Gasteiger partial charge in [0.15, 0.2) is 11.0 Å². The minimum absolute atomic E-state index is 0.0428. The van der Waals surface area contributed by atoms with E-state index < -0.39 is 0 Å². The Morgan fingerprint density at radius 2 is 2.00 bits per heavy atom. The van der Waals surface area contributed by atoms with Crippen molar-refractivity contribution in [1.82, 2.24) is 0 Å². The number of para-hydroxylation sites is 1. The van der Waals surface area contributed by atoms with E-state index in [1.807, 2.05) is 18.2 Å². The van der Waals surface area contributed by atoms with Gasteiger partial charge in [-0.3, -0.25) is 4.79 Å². The van der Waals surface area contributed by atoms with Crippen LogP contribution in [-0.2, 0) is 0 Å². The second-order valence-corrected chi connectivity index (χ2v) is 4.61. The van der Waals surface area contributed by atoms with E-state index in [2.05, 4.69) is 5.16 Å². The van der Waals surface area contributed by atoms with Crippen LogP contribution in [0.5, 0.6) is 0 Å². The van der Waals surface area contributed by atoms with Gasteiger partial charge in [0.05, 0.1) is 0 Å². The average Bonchev–Trinajstić information content (AvgIpc) is 2.94. The number of oxime groups is 1. The number of anilines is 1. The molecule has 3 N–H and O–H groups in total. The molecule has 110 valence electrons. The summed E-state index contributed by atoms with van der Waals surface area (Å²) in [5.41, 5.74) is 6.14. The molecule has 0 bridgehead atoms. The van der Waals surface area contributed by atoms with E-state index in [-0.39, 0.29) is 35.7 Å². The zero-order valence-electron chi connectivity index (χ0n) is 11.1. The molecule has 1 amide bonds. The lowest BCUT2D eigenvalue weighted by atomic mass is 10.2. The van der Waals surface area contributed by atoms with E-state index in [1.54, 1.807) is 12.1 Å². The molecular formula is C14H14ClN3O3. The molecule has 21 heavy (non-hydrogen) atoms. The first-order valence-corrected chi connectivity index (χ1v) is 6.58. The highest BCUT2D eigenvalue weighted by Crippen LogP contribution is 2.20. The quantitative estimate of drug-likeness (QED) is 0.384. The van der Waals surface area contributed by atoms with Gasteiger partial charge in [0.1, 0.15) is 5.84 Å². The Morgan fingerprint density at radius 1 is 1.29 bits per heavy atom. The first kappa shape index (κ1) is 14.9. The number of halogens is 1.